The first-order chi connectivity index (χ1) is 19.1. The van der Waals surface area contributed by atoms with Crippen molar-refractivity contribution in [2.45, 2.75) is 37.3 Å². The molecule has 210 valence electrons. The number of anilines is 1. The molecule has 2 heterocycles. The van der Waals surface area contributed by atoms with Gasteiger partial charge in [-0.15, -0.1) is 0 Å². The normalized spacial score (nSPS) is 17.3. The molecule has 5 rings (SSSR count). The molecule has 0 saturated carbocycles. The maximum Gasteiger partial charge on any atom is 0.414 e. The summed E-state index contributed by atoms with van der Waals surface area (Å²) in [5.74, 6) is -0.926. The fraction of sp³-hybridized carbons (Fsp3) is 0.333. The highest BCUT2D eigenvalue weighted by Gasteiger charge is 2.46. The molecule has 10 heteroatoms. The molecule has 3 aromatic carbocycles. The molecule has 40 heavy (non-hydrogen) atoms. The number of halogens is 4. The van der Waals surface area contributed by atoms with Gasteiger partial charge in [0.25, 0.3) is 0 Å². The van der Waals surface area contributed by atoms with E-state index in [1.807, 2.05) is 18.2 Å². The van der Waals surface area contributed by atoms with Gasteiger partial charge in [-0.1, -0.05) is 53.0 Å². The quantitative estimate of drug-likeness (QED) is 0.311. The number of carbonyl (C=O) groups is 2. The van der Waals surface area contributed by atoms with Crippen molar-refractivity contribution in [3.8, 4) is 0 Å². The molecule has 1 spiro atoms. The zero-order valence-electron chi connectivity index (χ0n) is 21.9. The highest BCUT2D eigenvalue weighted by Crippen LogP contribution is 2.45. The highest BCUT2D eigenvalue weighted by atomic mass is 35.5. The lowest BCUT2D eigenvalue weighted by Gasteiger charge is -2.46. The number of piperidine rings is 1. The first kappa shape index (κ1) is 28.7. The van der Waals surface area contributed by atoms with Gasteiger partial charge in [0.1, 0.15) is 11.4 Å². The van der Waals surface area contributed by atoms with E-state index < -0.39 is 17.6 Å². The summed E-state index contributed by atoms with van der Waals surface area (Å²) in [4.78, 5) is 29.7. The van der Waals surface area contributed by atoms with E-state index in [9.17, 15) is 14.0 Å². The first-order valence-electron chi connectivity index (χ1n) is 13.1. The number of nitrogens with zero attached hydrogens (tertiary/aromatic N) is 2. The van der Waals surface area contributed by atoms with Crippen molar-refractivity contribution in [2.75, 3.05) is 31.6 Å². The Balaban J connectivity index is 1.27. The van der Waals surface area contributed by atoms with Crippen LogP contribution in [0, 0.1) is 5.82 Å². The van der Waals surface area contributed by atoms with Crippen LogP contribution in [0.4, 0.5) is 14.9 Å². The Morgan fingerprint density at radius 1 is 1.02 bits per heavy atom. The lowest BCUT2D eigenvalue weighted by Crippen LogP contribution is -2.51. The highest BCUT2D eigenvalue weighted by molar-refractivity contribution is 6.42. The average Bonchev–Trinajstić information content (AvgIpc) is 2.94. The second kappa shape index (κ2) is 12.0. The third-order valence-corrected chi connectivity index (χ3v) is 8.80. The summed E-state index contributed by atoms with van der Waals surface area (Å²) in [6, 6.07) is 17.1. The van der Waals surface area contributed by atoms with Gasteiger partial charge in [0.15, 0.2) is 0 Å². The standard InChI is InChI=1S/C30H29Cl3FN3O3/c1-36-27-9-7-22(34)17-24(27)30(40-29(36)39)11-14-37(15-12-30)13-10-23(20-4-8-25(32)26(33)16-20)28(38)35-18-19-2-5-21(31)6-3-19/h2-9,16-17,23H,10-15,18H2,1H3,(H,35,38). The summed E-state index contributed by atoms with van der Waals surface area (Å²) >= 11 is 18.4. The van der Waals surface area contributed by atoms with Gasteiger partial charge in [-0.05, 0) is 66.6 Å². The van der Waals surface area contributed by atoms with Crippen molar-refractivity contribution in [1.29, 1.82) is 0 Å². The Hall–Kier alpha value is -2.84. The number of likely N-dealkylation sites (tertiary alicyclic amines) is 1. The van der Waals surface area contributed by atoms with E-state index in [4.69, 9.17) is 39.5 Å². The van der Waals surface area contributed by atoms with Crippen LogP contribution in [0.25, 0.3) is 0 Å². The predicted octanol–water partition coefficient (Wildman–Crippen LogP) is 7.15. The molecule has 1 saturated heterocycles. The lowest BCUT2D eigenvalue weighted by molar-refractivity contribution is -0.123. The number of carbonyl (C=O) groups excluding carboxylic acids is 2. The van der Waals surface area contributed by atoms with E-state index in [-0.39, 0.29) is 11.7 Å². The summed E-state index contributed by atoms with van der Waals surface area (Å²) < 4.78 is 20.1. The van der Waals surface area contributed by atoms with Crippen LogP contribution in [0.3, 0.4) is 0 Å². The Bertz CT molecular complexity index is 1410. The Labute approximate surface area is 247 Å². The van der Waals surface area contributed by atoms with E-state index in [1.165, 1.54) is 17.0 Å². The molecule has 1 unspecified atom stereocenters. The average molecular weight is 605 g/mol. The number of amides is 2. The molecule has 1 N–H and O–H groups in total. The molecule has 3 aromatic rings. The Morgan fingerprint density at radius 2 is 1.75 bits per heavy atom. The zero-order valence-corrected chi connectivity index (χ0v) is 24.2. The first-order valence-corrected chi connectivity index (χ1v) is 14.2. The van der Waals surface area contributed by atoms with Crippen LogP contribution in [-0.4, -0.2) is 43.6 Å². The Kier molecular flexibility index (Phi) is 8.57. The van der Waals surface area contributed by atoms with Gasteiger partial charge >= 0.3 is 6.09 Å². The maximum atomic E-state index is 14.2. The lowest BCUT2D eigenvalue weighted by atomic mass is 9.81. The molecular weight excluding hydrogens is 576 g/mol. The topological polar surface area (TPSA) is 61.9 Å². The van der Waals surface area contributed by atoms with Crippen molar-refractivity contribution < 1.29 is 18.7 Å². The zero-order chi connectivity index (χ0) is 28.4. The van der Waals surface area contributed by atoms with Crippen LogP contribution in [0.2, 0.25) is 15.1 Å². The maximum absolute atomic E-state index is 14.2. The van der Waals surface area contributed by atoms with Crippen molar-refractivity contribution in [3.63, 3.8) is 0 Å². The minimum Gasteiger partial charge on any atom is -0.437 e. The van der Waals surface area contributed by atoms with E-state index >= 15 is 0 Å². The van der Waals surface area contributed by atoms with E-state index in [1.54, 1.807) is 37.4 Å². The molecule has 0 radical (unpaired) electrons. The molecule has 0 bridgehead atoms. The fourth-order valence-electron chi connectivity index (χ4n) is 5.47. The number of fused-ring (bicyclic) bond motifs is 2. The minimum atomic E-state index is -0.864. The van der Waals surface area contributed by atoms with Gasteiger partial charge in [0.2, 0.25) is 5.91 Å². The van der Waals surface area contributed by atoms with Crippen molar-refractivity contribution in [2.24, 2.45) is 0 Å². The second-order valence-electron chi connectivity index (χ2n) is 10.3. The summed E-state index contributed by atoms with van der Waals surface area (Å²) in [6.07, 6.45) is 1.17. The van der Waals surface area contributed by atoms with Gasteiger partial charge in [-0.2, -0.15) is 0 Å². The molecule has 2 amide bonds. The number of hydrogen-bond acceptors (Lipinski definition) is 4. The molecule has 1 atom stereocenters. The van der Waals surface area contributed by atoms with E-state index in [0.717, 1.165) is 11.1 Å². The SMILES string of the molecule is CN1C(=O)OC2(CCN(CCC(C(=O)NCc3ccc(Cl)cc3)c3ccc(Cl)c(Cl)c3)CC2)c2cc(F)ccc21. The van der Waals surface area contributed by atoms with Gasteiger partial charge in [-0.3, -0.25) is 9.69 Å². The number of rotatable bonds is 7. The molecular formula is C30H29Cl3FN3O3. The third kappa shape index (κ3) is 6.08. The summed E-state index contributed by atoms with van der Waals surface area (Å²) in [5.41, 5.74) is 2.23. The predicted molar refractivity (Wildman–Crippen MR) is 156 cm³/mol. The summed E-state index contributed by atoms with van der Waals surface area (Å²) in [7, 11) is 1.63. The molecule has 0 aromatic heterocycles. The number of nitrogens with one attached hydrogen (secondary N) is 1. The summed E-state index contributed by atoms with van der Waals surface area (Å²) in [6.45, 7) is 2.27. The van der Waals surface area contributed by atoms with Gasteiger partial charge in [-0.25, -0.2) is 9.18 Å². The fourth-order valence-corrected chi connectivity index (χ4v) is 5.90. The molecule has 1 fully saturated rings. The van der Waals surface area contributed by atoms with Crippen LogP contribution in [0.1, 0.15) is 41.9 Å². The van der Waals surface area contributed by atoms with Crippen LogP contribution in [0.5, 0.6) is 0 Å². The number of hydrogen-bond donors (Lipinski definition) is 1. The van der Waals surface area contributed by atoms with Crippen LogP contribution in [0.15, 0.2) is 60.7 Å². The van der Waals surface area contributed by atoms with E-state index in [2.05, 4.69) is 10.2 Å². The Morgan fingerprint density at radius 3 is 2.45 bits per heavy atom. The number of benzene rings is 3. The van der Waals surface area contributed by atoms with Crippen molar-refractivity contribution in [3.05, 3.63) is 98.2 Å². The number of ether oxygens (including phenoxy) is 1. The van der Waals surface area contributed by atoms with Gasteiger partial charge in [0.05, 0.1) is 21.7 Å². The van der Waals surface area contributed by atoms with Gasteiger partial charge < -0.3 is 15.0 Å². The largest absolute Gasteiger partial charge is 0.437 e. The third-order valence-electron chi connectivity index (χ3n) is 7.81. The second-order valence-corrected chi connectivity index (χ2v) is 11.5. The minimum absolute atomic E-state index is 0.115. The van der Waals surface area contributed by atoms with Crippen molar-refractivity contribution in [1.82, 2.24) is 10.2 Å². The smallest absolute Gasteiger partial charge is 0.414 e. The monoisotopic (exact) mass is 603 g/mol. The van der Waals surface area contributed by atoms with Gasteiger partial charge in [0, 0.05) is 50.1 Å². The van der Waals surface area contributed by atoms with Crippen LogP contribution < -0.4 is 10.2 Å². The molecule has 6 nitrogen and oxygen atoms in total. The van der Waals surface area contributed by atoms with E-state index in [0.29, 0.717) is 71.8 Å². The molecule has 0 aliphatic carbocycles. The molecule has 2 aliphatic heterocycles. The van der Waals surface area contributed by atoms with Crippen LogP contribution in [-0.2, 0) is 21.7 Å². The molecule has 2 aliphatic rings. The van der Waals surface area contributed by atoms with Crippen molar-refractivity contribution >= 4 is 52.5 Å². The van der Waals surface area contributed by atoms with Crippen LogP contribution >= 0.6 is 34.8 Å². The summed E-state index contributed by atoms with van der Waals surface area (Å²) in [5, 5.41) is 4.49.